The lowest BCUT2D eigenvalue weighted by Crippen LogP contribution is -2.63. The Labute approximate surface area is 260 Å². The largest absolute Gasteiger partial charge is 0.444 e. The summed E-state index contributed by atoms with van der Waals surface area (Å²) in [7, 11) is 1.38. The highest BCUT2D eigenvalue weighted by molar-refractivity contribution is 5.95. The van der Waals surface area contributed by atoms with E-state index in [1.807, 2.05) is 0 Å². The van der Waals surface area contributed by atoms with Crippen molar-refractivity contribution in [2.24, 2.45) is 5.92 Å². The van der Waals surface area contributed by atoms with E-state index in [4.69, 9.17) is 4.74 Å². The van der Waals surface area contributed by atoms with Gasteiger partial charge < -0.3 is 25.2 Å². The number of nitrogens with zero attached hydrogens (tertiary/aromatic N) is 3. The summed E-state index contributed by atoms with van der Waals surface area (Å²) in [5.74, 6) is -6.41. The minimum absolute atomic E-state index is 0.116. The number of fused-ring (bicyclic) bond motifs is 1. The summed E-state index contributed by atoms with van der Waals surface area (Å²) in [5, 5.41) is 5.46. The number of hydrogen-bond donors (Lipinski definition) is 2. The molecule has 4 atom stereocenters. The predicted molar refractivity (Wildman–Crippen MR) is 156 cm³/mol. The number of carbonyl (C=O) groups is 5. The van der Waals surface area contributed by atoms with E-state index in [1.165, 1.54) is 35.9 Å². The van der Waals surface area contributed by atoms with Crippen molar-refractivity contribution in [2.75, 3.05) is 20.1 Å². The SMILES string of the molecule is C[C@@H](C(=O)N[C@H]1CN(C(=O)C2CC(F)(F)C2)CC[C@H]2CC[C@@H](C(=O)NCc3ccc(F)cc3)N2C1=O)N(C)C(=O)OC(C)(C)C. The smallest absolute Gasteiger partial charge is 0.410 e. The van der Waals surface area contributed by atoms with Gasteiger partial charge in [-0.25, -0.2) is 18.0 Å². The van der Waals surface area contributed by atoms with E-state index in [0.717, 1.165) is 4.90 Å². The molecular formula is C31H42F3N5O6. The number of rotatable bonds is 7. The number of likely N-dealkylation sites (N-methyl/N-ethyl adjacent to an activating group) is 1. The molecule has 0 radical (unpaired) electrons. The van der Waals surface area contributed by atoms with Gasteiger partial charge in [-0.05, 0) is 64.7 Å². The number of hydrogen-bond acceptors (Lipinski definition) is 6. The van der Waals surface area contributed by atoms with Gasteiger partial charge in [0.15, 0.2) is 0 Å². The second kappa shape index (κ2) is 13.3. The Balaban J connectivity index is 1.52. The zero-order valence-electron chi connectivity index (χ0n) is 26.3. The minimum atomic E-state index is -2.91. The highest BCUT2D eigenvalue weighted by Gasteiger charge is 2.51. The maximum Gasteiger partial charge on any atom is 0.410 e. The fourth-order valence-corrected chi connectivity index (χ4v) is 5.90. The average molecular weight is 638 g/mol. The van der Waals surface area contributed by atoms with Gasteiger partial charge in [-0.3, -0.25) is 24.1 Å². The van der Waals surface area contributed by atoms with E-state index in [1.54, 1.807) is 32.9 Å². The summed E-state index contributed by atoms with van der Waals surface area (Å²) in [6, 6.07) is 1.98. The van der Waals surface area contributed by atoms with Crippen molar-refractivity contribution in [3.8, 4) is 0 Å². The monoisotopic (exact) mass is 637 g/mol. The number of ether oxygens (including phenoxy) is 1. The van der Waals surface area contributed by atoms with Crippen LogP contribution in [0.3, 0.4) is 0 Å². The topological polar surface area (TPSA) is 128 Å². The van der Waals surface area contributed by atoms with E-state index in [9.17, 15) is 37.1 Å². The highest BCUT2D eigenvalue weighted by atomic mass is 19.3. The molecule has 3 aliphatic rings. The number of benzene rings is 1. The van der Waals surface area contributed by atoms with Gasteiger partial charge in [-0.15, -0.1) is 0 Å². The van der Waals surface area contributed by atoms with Crippen molar-refractivity contribution in [1.82, 2.24) is 25.3 Å². The number of amides is 5. The van der Waals surface area contributed by atoms with Crippen LogP contribution >= 0.6 is 0 Å². The second-order valence-electron chi connectivity index (χ2n) is 13.2. The van der Waals surface area contributed by atoms with Crippen LogP contribution in [0.5, 0.6) is 0 Å². The van der Waals surface area contributed by atoms with Crippen LogP contribution in [0.25, 0.3) is 0 Å². The van der Waals surface area contributed by atoms with E-state index in [-0.39, 0.29) is 19.6 Å². The molecule has 2 saturated heterocycles. The first kappa shape index (κ1) is 34.0. The molecular weight excluding hydrogens is 595 g/mol. The maximum atomic E-state index is 14.1. The van der Waals surface area contributed by atoms with Gasteiger partial charge in [0.1, 0.15) is 29.5 Å². The summed E-state index contributed by atoms with van der Waals surface area (Å²) in [6.07, 6.45) is -0.765. The Morgan fingerprint density at radius 2 is 1.73 bits per heavy atom. The van der Waals surface area contributed by atoms with Crippen molar-refractivity contribution in [2.45, 2.75) is 102 Å². The molecule has 1 aromatic carbocycles. The maximum absolute atomic E-state index is 14.1. The lowest BCUT2D eigenvalue weighted by atomic mass is 9.80. The van der Waals surface area contributed by atoms with Gasteiger partial charge in [-0.1, -0.05) is 12.1 Å². The molecule has 0 aromatic heterocycles. The Morgan fingerprint density at radius 3 is 2.33 bits per heavy atom. The second-order valence-corrected chi connectivity index (χ2v) is 13.2. The van der Waals surface area contributed by atoms with Crippen LogP contribution in [-0.4, -0.2) is 100 Å². The lowest BCUT2D eigenvalue weighted by molar-refractivity contribution is -0.162. The number of nitrogens with one attached hydrogen (secondary N) is 2. The fourth-order valence-electron chi connectivity index (χ4n) is 5.90. The summed E-state index contributed by atoms with van der Waals surface area (Å²) in [4.78, 5) is 70.5. The van der Waals surface area contributed by atoms with Crippen LogP contribution in [-0.2, 0) is 30.5 Å². The van der Waals surface area contributed by atoms with Gasteiger partial charge in [0.2, 0.25) is 29.6 Å². The number of carbonyl (C=O) groups excluding carboxylic acids is 5. The zero-order valence-corrected chi connectivity index (χ0v) is 26.3. The van der Waals surface area contributed by atoms with E-state index >= 15 is 0 Å². The molecule has 248 valence electrons. The molecule has 0 spiro atoms. The van der Waals surface area contributed by atoms with Crippen molar-refractivity contribution < 1.29 is 41.9 Å². The average Bonchev–Trinajstić information content (AvgIpc) is 3.37. The van der Waals surface area contributed by atoms with Gasteiger partial charge in [0.05, 0.1) is 0 Å². The standard InChI is InChI=1S/C31H42F3N5O6/c1-18(37(5)29(44)45-30(2,3)4)25(40)36-23-17-38(27(42)20-14-31(33,34)15-20)13-12-22-10-11-24(39(22)28(23)43)26(41)35-16-19-6-8-21(32)9-7-19/h6-9,18,20,22-24H,10-17H2,1-5H3,(H,35,41)(H,36,40)/t18-,22+,23-,24-/m0/s1. The van der Waals surface area contributed by atoms with Crippen LogP contribution in [0.1, 0.15) is 65.4 Å². The molecule has 1 aliphatic carbocycles. The van der Waals surface area contributed by atoms with Crippen molar-refractivity contribution in [1.29, 1.82) is 0 Å². The van der Waals surface area contributed by atoms with Crippen molar-refractivity contribution in [3.63, 3.8) is 0 Å². The molecule has 14 heteroatoms. The number of halogens is 3. The first-order valence-corrected chi connectivity index (χ1v) is 15.2. The van der Waals surface area contributed by atoms with Gasteiger partial charge in [0, 0.05) is 51.5 Å². The molecule has 3 fully saturated rings. The Kier molecular flexibility index (Phi) is 10.0. The summed E-state index contributed by atoms with van der Waals surface area (Å²) in [5.41, 5.74) is -0.143. The van der Waals surface area contributed by atoms with Crippen LogP contribution in [0.15, 0.2) is 24.3 Å². The molecule has 1 aromatic rings. The molecule has 5 amide bonds. The summed E-state index contributed by atoms with van der Waals surface area (Å²) < 4.78 is 45.8. The first-order chi connectivity index (χ1) is 21.0. The molecule has 2 heterocycles. The van der Waals surface area contributed by atoms with Crippen LogP contribution in [0.2, 0.25) is 0 Å². The Hall–Kier alpha value is -3.84. The fraction of sp³-hybridized carbons (Fsp3) is 0.645. The molecule has 11 nitrogen and oxygen atoms in total. The zero-order chi connectivity index (χ0) is 33.3. The quantitative estimate of drug-likeness (QED) is 0.474. The van der Waals surface area contributed by atoms with Gasteiger partial charge in [0.25, 0.3) is 0 Å². The van der Waals surface area contributed by atoms with E-state index < -0.39 is 90.0 Å². The molecule has 45 heavy (non-hydrogen) atoms. The molecule has 0 bridgehead atoms. The van der Waals surface area contributed by atoms with Crippen molar-refractivity contribution >= 4 is 29.7 Å². The third-order valence-electron chi connectivity index (χ3n) is 8.58. The lowest BCUT2D eigenvalue weighted by Gasteiger charge is -2.42. The minimum Gasteiger partial charge on any atom is -0.444 e. The summed E-state index contributed by atoms with van der Waals surface area (Å²) >= 11 is 0. The molecule has 4 rings (SSSR count). The van der Waals surface area contributed by atoms with Crippen LogP contribution in [0, 0.1) is 11.7 Å². The highest BCUT2D eigenvalue weighted by Crippen LogP contribution is 2.43. The Bertz CT molecular complexity index is 1300. The number of alkyl halides is 2. The van der Waals surface area contributed by atoms with E-state index in [2.05, 4.69) is 10.6 Å². The predicted octanol–water partition coefficient (Wildman–Crippen LogP) is 2.82. The Morgan fingerprint density at radius 1 is 1.09 bits per heavy atom. The normalized spacial score (nSPS) is 24.0. The molecule has 2 aliphatic heterocycles. The van der Waals surface area contributed by atoms with Gasteiger partial charge in [-0.2, -0.15) is 0 Å². The third-order valence-corrected chi connectivity index (χ3v) is 8.58. The van der Waals surface area contributed by atoms with Crippen molar-refractivity contribution in [3.05, 3.63) is 35.6 Å². The van der Waals surface area contributed by atoms with Crippen LogP contribution < -0.4 is 10.6 Å². The van der Waals surface area contributed by atoms with Crippen LogP contribution in [0.4, 0.5) is 18.0 Å². The molecule has 0 unspecified atom stereocenters. The van der Waals surface area contributed by atoms with Gasteiger partial charge >= 0.3 is 6.09 Å². The summed E-state index contributed by atoms with van der Waals surface area (Å²) in [6.45, 7) is 6.49. The first-order valence-electron chi connectivity index (χ1n) is 15.2. The van der Waals surface area contributed by atoms with E-state index in [0.29, 0.717) is 24.8 Å². The molecule has 1 saturated carbocycles. The molecule has 2 N–H and O–H groups in total. The third kappa shape index (κ3) is 8.26.